The highest BCUT2D eigenvalue weighted by Gasteiger charge is 2.24. The van der Waals surface area contributed by atoms with Crippen molar-refractivity contribution < 1.29 is 14.1 Å². The van der Waals surface area contributed by atoms with Crippen molar-refractivity contribution in [3.8, 4) is 5.88 Å². The lowest BCUT2D eigenvalue weighted by molar-refractivity contribution is 0.0899. The van der Waals surface area contributed by atoms with Gasteiger partial charge in [0.15, 0.2) is 0 Å². The third-order valence-corrected chi connectivity index (χ3v) is 6.77. The van der Waals surface area contributed by atoms with Crippen LogP contribution in [0, 0.1) is 11.8 Å². The Morgan fingerprint density at radius 3 is 2.44 bits per heavy atom. The third kappa shape index (κ3) is 12.8. The molecule has 0 bridgehead atoms. The summed E-state index contributed by atoms with van der Waals surface area (Å²) >= 11 is 1.64. The van der Waals surface area contributed by atoms with Crippen molar-refractivity contribution in [3.63, 3.8) is 0 Å². The Bertz CT molecular complexity index is 826. The van der Waals surface area contributed by atoms with Crippen LogP contribution in [0.2, 0.25) is 0 Å². The van der Waals surface area contributed by atoms with Crippen molar-refractivity contribution in [3.05, 3.63) is 41.7 Å². The molecule has 1 aromatic heterocycles. The molecule has 1 heterocycles. The normalized spacial score (nSPS) is 12.6. The first-order chi connectivity index (χ1) is 17.4. The summed E-state index contributed by atoms with van der Waals surface area (Å²) in [6.45, 7) is 14.4. The summed E-state index contributed by atoms with van der Waals surface area (Å²) in [6.07, 6.45) is 6.41. The Hall–Kier alpha value is -1.99. The molecule has 0 radical (unpaired) electrons. The fourth-order valence-electron chi connectivity index (χ4n) is 4.02. The van der Waals surface area contributed by atoms with Crippen molar-refractivity contribution >= 4 is 17.7 Å². The second-order valence-corrected chi connectivity index (χ2v) is 10.6. The highest BCUT2D eigenvalue weighted by Crippen LogP contribution is 2.30. The van der Waals surface area contributed by atoms with E-state index < -0.39 is 0 Å². The molecule has 2 atom stereocenters. The highest BCUT2D eigenvalue weighted by atomic mass is 32.2. The summed E-state index contributed by atoms with van der Waals surface area (Å²) in [5, 5.41) is 10.3. The van der Waals surface area contributed by atoms with Gasteiger partial charge in [0, 0.05) is 16.7 Å². The van der Waals surface area contributed by atoms with E-state index in [-0.39, 0.29) is 17.7 Å². The van der Waals surface area contributed by atoms with Gasteiger partial charge in [-0.25, -0.2) is 0 Å². The van der Waals surface area contributed by atoms with Crippen molar-refractivity contribution in [2.24, 2.45) is 11.8 Å². The Balaban J connectivity index is 0.00000316. The first-order valence-electron chi connectivity index (χ1n) is 13.6. The van der Waals surface area contributed by atoms with Crippen LogP contribution in [0.15, 0.2) is 39.8 Å². The predicted octanol–water partition coefficient (Wildman–Crippen LogP) is 7.34. The van der Waals surface area contributed by atoms with Crippen LogP contribution in [0.1, 0.15) is 96.2 Å². The number of nitrogens with one attached hydrogen (secondary N) is 2. The number of hydrogen-bond acceptors (Lipinski definition) is 6. The zero-order valence-electron chi connectivity index (χ0n) is 23.6. The molecular formula is C29H49N3O3S. The Morgan fingerprint density at radius 2 is 1.78 bits per heavy atom. The van der Waals surface area contributed by atoms with Crippen molar-refractivity contribution in [1.82, 2.24) is 15.8 Å². The maximum absolute atomic E-state index is 13.0. The summed E-state index contributed by atoms with van der Waals surface area (Å²) in [7, 11) is 1.94. The average molecular weight is 520 g/mol. The van der Waals surface area contributed by atoms with E-state index in [1.165, 1.54) is 12.8 Å². The summed E-state index contributed by atoms with van der Waals surface area (Å²) in [5.41, 5.74) is 0.720. The first-order valence-corrected chi connectivity index (χ1v) is 14.6. The minimum Gasteiger partial charge on any atom is -0.475 e. The minimum atomic E-state index is -0.219. The van der Waals surface area contributed by atoms with E-state index in [1.54, 1.807) is 11.8 Å². The van der Waals surface area contributed by atoms with Crippen LogP contribution in [0.4, 0.5) is 0 Å². The molecule has 2 rings (SSSR count). The minimum absolute atomic E-state index is 0.0735. The maximum atomic E-state index is 13.0. The number of amides is 1. The largest absolute Gasteiger partial charge is 0.475 e. The molecule has 0 aliphatic heterocycles. The van der Waals surface area contributed by atoms with E-state index in [2.05, 4.69) is 55.6 Å². The molecular weight excluding hydrogens is 470 g/mol. The van der Waals surface area contributed by atoms with Gasteiger partial charge < -0.3 is 19.9 Å². The number of ether oxygens (including phenoxy) is 1. The number of carbonyl (C=O) groups excluding carboxylic acids is 1. The lowest BCUT2D eigenvalue weighted by Crippen LogP contribution is -2.32. The van der Waals surface area contributed by atoms with Crippen molar-refractivity contribution in [2.75, 3.05) is 20.2 Å². The second-order valence-electron chi connectivity index (χ2n) is 9.60. The van der Waals surface area contributed by atoms with E-state index in [1.807, 2.05) is 39.1 Å². The molecule has 0 fully saturated rings. The standard InChI is InChI=1S/C27H43N3O3S.C2H6/c1-20(2)18-21(3)12-11-13-22(4)29-26(31)25-24(19-34-23-14-7-6-8-15-23)27(30-33-25)32-17-10-9-16-28-5;1-2/h6-8,14-15,20-22,28H,9-13,16-19H2,1-5H3,(H,29,31);1-2H3. The van der Waals surface area contributed by atoms with Gasteiger partial charge in [0.1, 0.15) is 0 Å². The third-order valence-electron chi connectivity index (χ3n) is 5.73. The average Bonchev–Trinajstić information content (AvgIpc) is 3.27. The zero-order chi connectivity index (χ0) is 26.8. The number of aromatic nitrogens is 1. The van der Waals surface area contributed by atoms with Crippen LogP contribution in [-0.2, 0) is 5.75 Å². The van der Waals surface area contributed by atoms with Gasteiger partial charge in [-0.3, -0.25) is 4.79 Å². The van der Waals surface area contributed by atoms with Gasteiger partial charge in [-0.1, -0.05) is 65.7 Å². The Labute approximate surface area is 223 Å². The molecule has 0 aliphatic carbocycles. The van der Waals surface area contributed by atoms with E-state index in [0.717, 1.165) is 48.6 Å². The van der Waals surface area contributed by atoms with Gasteiger partial charge >= 0.3 is 0 Å². The molecule has 2 aromatic rings. The molecule has 6 nitrogen and oxygen atoms in total. The molecule has 36 heavy (non-hydrogen) atoms. The molecule has 0 spiro atoms. The van der Waals surface area contributed by atoms with Crippen molar-refractivity contribution in [2.45, 2.75) is 96.8 Å². The van der Waals surface area contributed by atoms with Crippen LogP contribution in [0.25, 0.3) is 0 Å². The number of unbranched alkanes of at least 4 members (excludes halogenated alkanes) is 1. The van der Waals surface area contributed by atoms with Crippen LogP contribution in [-0.4, -0.2) is 37.3 Å². The summed E-state index contributed by atoms with van der Waals surface area (Å²) in [6, 6.07) is 10.2. The van der Waals surface area contributed by atoms with E-state index in [0.29, 0.717) is 24.2 Å². The summed E-state index contributed by atoms with van der Waals surface area (Å²) in [5.74, 6) is 2.46. The van der Waals surface area contributed by atoms with Gasteiger partial charge in [-0.05, 0) is 75.3 Å². The molecule has 1 amide bonds. The molecule has 0 saturated heterocycles. The topological polar surface area (TPSA) is 76.4 Å². The number of benzene rings is 1. The second kappa shape index (κ2) is 19.2. The molecule has 1 aromatic carbocycles. The number of nitrogens with zero attached hydrogens (tertiary/aromatic N) is 1. The van der Waals surface area contributed by atoms with Crippen LogP contribution >= 0.6 is 11.8 Å². The van der Waals surface area contributed by atoms with Crippen molar-refractivity contribution in [1.29, 1.82) is 0 Å². The Kier molecular flexibility index (Phi) is 17.1. The first kappa shape index (κ1) is 32.0. The van der Waals surface area contributed by atoms with E-state index in [4.69, 9.17) is 9.26 Å². The maximum Gasteiger partial charge on any atom is 0.290 e. The fraction of sp³-hybridized carbons (Fsp3) is 0.655. The van der Waals surface area contributed by atoms with Gasteiger partial charge in [0.2, 0.25) is 5.76 Å². The summed E-state index contributed by atoms with van der Waals surface area (Å²) in [4.78, 5) is 14.2. The molecule has 2 N–H and O–H groups in total. The van der Waals surface area contributed by atoms with Crippen LogP contribution in [0.3, 0.4) is 0 Å². The number of hydrogen-bond donors (Lipinski definition) is 2. The Morgan fingerprint density at radius 1 is 1.06 bits per heavy atom. The number of thioether (sulfide) groups is 1. The lowest BCUT2D eigenvalue weighted by atomic mass is 9.93. The monoisotopic (exact) mass is 519 g/mol. The highest BCUT2D eigenvalue weighted by molar-refractivity contribution is 7.98. The summed E-state index contributed by atoms with van der Waals surface area (Å²) < 4.78 is 11.4. The molecule has 0 saturated carbocycles. The van der Waals surface area contributed by atoms with E-state index in [9.17, 15) is 4.79 Å². The fourth-order valence-corrected chi connectivity index (χ4v) is 4.93. The van der Waals surface area contributed by atoms with E-state index >= 15 is 0 Å². The molecule has 2 unspecified atom stereocenters. The smallest absolute Gasteiger partial charge is 0.290 e. The lowest BCUT2D eigenvalue weighted by Gasteiger charge is -2.16. The quantitative estimate of drug-likeness (QED) is 0.168. The van der Waals surface area contributed by atoms with Crippen LogP contribution in [0.5, 0.6) is 5.88 Å². The van der Waals surface area contributed by atoms with Gasteiger partial charge in [0.25, 0.3) is 11.8 Å². The zero-order valence-corrected chi connectivity index (χ0v) is 24.4. The molecule has 7 heteroatoms. The van der Waals surface area contributed by atoms with Gasteiger partial charge in [0.05, 0.1) is 12.2 Å². The van der Waals surface area contributed by atoms with Crippen LogP contribution < -0.4 is 15.4 Å². The molecule has 0 aliphatic rings. The van der Waals surface area contributed by atoms with Gasteiger partial charge in [-0.2, -0.15) is 0 Å². The predicted molar refractivity (Wildman–Crippen MR) is 152 cm³/mol. The number of rotatable bonds is 17. The van der Waals surface area contributed by atoms with Gasteiger partial charge in [-0.15, -0.1) is 11.8 Å². The molecule has 204 valence electrons. The number of carbonyl (C=O) groups is 1. The SMILES string of the molecule is CC.CNCCCCOc1noc(C(=O)NC(C)CCCC(C)CC(C)C)c1CSc1ccccc1.